The molecule has 0 aliphatic rings. The van der Waals surface area contributed by atoms with Crippen molar-refractivity contribution in [1.82, 2.24) is 5.32 Å². The molecular weight excluding hydrogens is 314 g/mol. The molecular formula is C13H16BrNO4. The standard InChI is InChI=1S/C13H16BrNO4/c1-3-18-13(17)9(2)15-12(16)10-4-6-11(7-5-10)19-8-14/h4-7,9H,3,8H2,1-2H3,(H,15,16). The van der Waals surface area contributed by atoms with Gasteiger partial charge < -0.3 is 14.8 Å². The molecule has 0 bridgehead atoms. The van der Waals surface area contributed by atoms with Gasteiger partial charge in [-0.05, 0) is 54.0 Å². The van der Waals surface area contributed by atoms with Crippen LogP contribution in [0.15, 0.2) is 24.3 Å². The zero-order valence-corrected chi connectivity index (χ0v) is 12.4. The summed E-state index contributed by atoms with van der Waals surface area (Å²) in [7, 11) is 0. The van der Waals surface area contributed by atoms with Crippen molar-refractivity contribution in [3.05, 3.63) is 29.8 Å². The summed E-state index contributed by atoms with van der Waals surface area (Å²) < 4.78 is 10.0. The number of esters is 1. The van der Waals surface area contributed by atoms with E-state index in [1.54, 1.807) is 38.1 Å². The van der Waals surface area contributed by atoms with Crippen LogP contribution >= 0.6 is 15.9 Å². The van der Waals surface area contributed by atoms with Crippen LogP contribution in [0.4, 0.5) is 0 Å². The minimum atomic E-state index is -0.675. The van der Waals surface area contributed by atoms with Crippen LogP contribution in [0.5, 0.6) is 5.75 Å². The Morgan fingerprint density at radius 1 is 1.32 bits per heavy atom. The van der Waals surface area contributed by atoms with Crippen molar-refractivity contribution in [1.29, 1.82) is 0 Å². The molecule has 1 aromatic carbocycles. The Morgan fingerprint density at radius 2 is 1.95 bits per heavy atom. The molecule has 0 spiro atoms. The van der Waals surface area contributed by atoms with Gasteiger partial charge in [0.05, 0.1) is 6.61 Å². The lowest BCUT2D eigenvalue weighted by Crippen LogP contribution is -2.39. The molecule has 6 heteroatoms. The first-order valence-electron chi connectivity index (χ1n) is 5.84. The molecule has 0 aliphatic carbocycles. The molecule has 104 valence electrons. The Kier molecular flexibility index (Phi) is 6.35. The van der Waals surface area contributed by atoms with E-state index in [1.165, 1.54) is 0 Å². The largest absolute Gasteiger partial charge is 0.482 e. The highest BCUT2D eigenvalue weighted by Gasteiger charge is 2.17. The number of hydrogen-bond donors (Lipinski definition) is 1. The van der Waals surface area contributed by atoms with E-state index in [2.05, 4.69) is 21.2 Å². The van der Waals surface area contributed by atoms with Crippen LogP contribution in [0.1, 0.15) is 24.2 Å². The van der Waals surface area contributed by atoms with Gasteiger partial charge >= 0.3 is 5.97 Å². The SMILES string of the molecule is CCOC(=O)C(C)NC(=O)c1ccc(OCBr)cc1. The summed E-state index contributed by atoms with van der Waals surface area (Å²) in [5, 5.41) is 2.57. The van der Waals surface area contributed by atoms with Crippen molar-refractivity contribution in [3.63, 3.8) is 0 Å². The Morgan fingerprint density at radius 3 is 2.47 bits per heavy atom. The third kappa shape index (κ3) is 4.90. The van der Waals surface area contributed by atoms with E-state index in [1.807, 2.05) is 0 Å². The van der Waals surface area contributed by atoms with E-state index in [0.717, 1.165) is 0 Å². The van der Waals surface area contributed by atoms with Crippen LogP contribution in [0.2, 0.25) is 0 Å². The third-order valence-corrected chi connectivity index (χ3v) is 2.55. The number of halogens is 1. The average Bonchev–Trinajstić information content (AvgIpc) is 2.40. The zero-order valence-electron chi connectivity index (χ0n) is 10.8. The molecule has 0 heterocycles. The highest BCUT2D eigenvalue weighted by molar-refractivity contribution is 9.09. The molecule has 0 saturated heterocycles. The molecule has 0 saturated carbocycles. The minimum Gasteiger partial charge on any atom is -0.482 e. The van der Waals surface area contributed by atoms with Gasteiger partial charge in [0.1, 0.15) is 17.3 Å². The van der Waals surface area contributed by atoms with E-state index in [9.17, 15) is 9.59 Å². The molecule has 1 rings (SSSR count). The fourth-order valence-corrected chi connectivity index (χ4v) is 1.64. The first-order valence-corrected chi connectivity index (χ1v) is 6.97. The lowest BCUT2D eigenvalue weighted by Gasteiger charge is -2.12. The number of rotatable bonds is 6. The van der Waals surface area contributed by atoms with E-state index < -0.39 is 12.0 Å². The fourth-order valence-electron chi connectivity index (χ4n) is 1.37. The van der Waals surface area contributed by atoms with Gasteiger partial charge in [-0.15, -0.1) is 0 Å². The Balaban J connectivity index is 2.60. The van der Waals surface area contributed by atoms with Gasteiger partial charge in [-0.1, -0.05) is 0 Å². The first kappa shape index (κ1) is 15.5. The van der Waals surface area contributed by atoms with Crippen LogP contribution in [0, 0.1) is 0 Å². The van der Waals surface area contributed by atoms with E-state index in [-0.39, 0.29) is 12.5 Å². The van der Waals surface area contributed by atoms with Gasteiger partial charge in [-0.3, -0.25) is 4.79 Å². The molecule has 19 heavy (non-hydrogen) atoms. The quantitative estimate of drug-likeness (QED) is 0.641. The zero-order chi connectivity index (χ0) is 14.3. The number of ether oxygens (including phenoxy) is 2. The molecule has 0 fully saturated rings. The number of carbonyl (C=O) groups is 2. The fraction of sp³-hybridized carbons (Fsp3) is 0.385. The van der Waals surface area contributed by atoms with Gasteiger partial charge in [0, 0.05) is 5.56 Å². The lowest BCUT2D eigenvalue weighted by molar-refractivity contribution is -0.144. The topological polar surface area (TPSA) is 64.6 Å². The molecule has 1 atom stereocenters. The second-order valence-corrected chi connectivity index (χ2v) is 4.18. The molecule has 0 aromatic heterocycles. The second kappa shape index (κ2) is 7.78. The summed E-state index contributed by atoms with van der Waals surface area (Å²) >= 11 is 3.14. The van der Waals surface area contributed by atoms with Gasteiger partial charge in [0.15, 0.2) is 0 Å². The average molecular weight is 330 g/mol. The van der Waals surface area contributed by atoms with Crippen molar-refractivity contribution in [2.75, 3.05) is 12.1 Å². The summed E-state index contributed by atoms with van der Waals surface area (Å²) in [5.74, 6) is -0.118. The number of nitrogens with one attached hydrogen (secondary N) is 1. The molecule has 0 aliphatic heterocycles. The minimum absolute atomic E-state index is 0.289. The Labute approximate surface area is 120 Å². The number of alkyl halides is 1. The van der Waals surface area contributed by atoms with Crippen molar-refractivity contribution in [2.24, 2.45) is 0 Å². The highest BCUT2D eigenvalue weighted by atomic mass is 79.9. The van der Waals surface area contributed by atoms with Gasteiger partial charge in [0.2, 0.25) is 0 Å². The smallest absolute Gasteiger partial charge is 0.328 e. The van der Waals surface area contributed by atoms with Gasteiger partial charge in [-0.2, -0.15) is 0 Å². The predicted molar refractivity (Wildman–Crippen MR) is 74.4 cm³/mol. The normalized spacial score (nSPS) is 11.5. The summed E-state index contributed by atoms with van der Waals surface area (Å²) in [6.45, 7) is 3.59. The van der Waals surface area contributed by atoms with Crippen molar-refractivity contribution >= 4 is 27.8 Å². The van der Waals surface area contributed by atoms with Crippen molar-refractivity contribution in [3.8, 4) is 5.75 Å². The molecule has 1 N–H and O–H groups in total. The summed E-state index contributed by atoms with van der Waals surface area (Å²) in [4.78, 5) is 23.3. The maximum absolute atomic E-state index is 11.9. The van der Waals surface area contributed by atoms with Crippen molar-refractivity contribution in [2.45, 2.75) is 19.9 Å². The van der Waals surface area contributed by atoms with E-state index in [4.69, 9.17) is 9.47 Å². The summed E-state index contributed by atoms with van der Waals surface area (Å²) in [6, 6.07) is 5.96. The highest BCUT2D eigenvalue weighted by Crippen LogP contribution is 2.12. The predicted octanol–water partition coefficient (Wildman–Crippen LogP) is 2.10. The van der Waals surface area contributed by atoms with E-state index >= 15 is 0 Å². The second-order valence-electron chi connectivity index (χ2n) is 3.73. The maximum Gasteiger partial charge on any atom is 0.328 e. The number of benzene rings is 1. The molecule has 1 amide bonds. The number of carbonyl (C=O) groups excluding carboxylic acids is 2. The first-order chi connectivity index (χ1) is 9.08. The van der Waals surface area contributed by atoms with E-state index in [0.29, 0.717) is 16.8 Å². The lowest BCUT2D eigenvalue weighted by atomic mass is 10.2. The number of hydrogen-bond acceptors (Lipinski definition) is 4. The molecule has 1 aromatic rings. The van der Waals surface area contributed by atoms with Crippen LogP contribution in [-0.4, -0.2) is 30.0 Å². The Hall–Kier alpha value is -1.56. The van der Waals surface area contributed by atoms with Crippen LogP contribution in [0.3, 0.4) is 0 Å². The van der Waals surface area contributed by atoms with Crippen LogP contribution in [0.25, 0.3) is 0 Å². The summed E-state index contributed by atoms with van der Waals surface area (Å²) in [5.41, 5.74) is 0.844. The van der Waals surface area contributed by atoms with Crippen LogP contribution < -0.4 is 10.1 Å². The van der Waals surface area contributed by atoms with Crippen LogP contribution in [-0.2, 0) is 9.53 Å². The van der Waals surface area contributed by atoms with Crippen molar-refractivity contribution < 1.29 is 19.1 Å². The monoisotopic (exact) mass is 329 g/mol. The van der Waals surface area contributed by atoms with Gasteiger partial charge in [-0.25, -0.2) is 4.79 Å². The number of amides is 1. The third-order valence-electron chi connectivity index (χ3n) is 2.33. The Bertz CT molecular complexity index is 433. The summed E-state index contributed by atoms with van der Waals surface area (Å²) in [6.07, 6.45) is 0. The molecule has 0 radical (unpaired) electrons. The molecule has 5 nitrogen and oxygen atoms in total. The maximum atomic E-state index is 11.9. The molecule has 1 unspecified atom stereocenters. The van der Waals surface area contributed by atoms with Gasteiger partial charge in [0.25, 0.3) is 5.91 Å².